The van der Waals surface area contributed by atoms with E-state index in [1.807, 2.05) is 6.08 Å². The van der Waals surface area contributed by atoms with Gasteiger partial charge in [-0.2, -0.15) is 0 Å². The van der Waals surface area contributed by atoms with Crippen molar-refractivity contribution in [1.29, 1.82) is 0 Å². The van der Waals surface area contributed by atoms with Crippen molar-refractivity contribution in [3.8, 4) is 0 Å². The first-order valence-electron chi connectivity index (χ1n) is 5.05. The van der Waals surface area contributed by atoms with Gasteiger partial charge in [0.05, 0.1) is 18.1 Å². The zero-order valence-corrected chi connectivity index (χ0v) is 7.90. The number of hydrogen-bond acceptors (Lipinski definition) is 2. The van der Waals surface area contributed by atoms with Crippen LogP contribution in [-0.2, 0) is 9.53 Å². The Bertz CT molecular complexity index is 336. The molecule has 3 nitrogen and oxygen atoms in total. The lowest BCUT2D eigenvalue weighted by molar-refractivity contribution is -0.123. The van der Waals surface area contributed by atoms with Gasteiger partial charge in [-0.3, -0.25) is 4.79 Å². The van der Waals surface area contributed by atoms with Gasteiger partial charge in [0.1, 0.15) is 5.60 Å². The summed E-state index contributed by atoms with van der Waals surface area (Å²) in [6.07, 6.45) is 7.77. The highest BCUT2D eigenvalue weighted by molar-refractivity contribution is 5.85. The largest absolute Gasteiger partial charge is 0.361 e. The van der Waals surface area contributed by atoms with Gasteiger partial charge >= 0.3 is 0 Å². The number of rotatable bonds is 2. The van der Waals surface area contributed by atoms with Crippen LogP contribution in [0.3, 0.4) is 0 Å². The van der Waals surface area contributed by atoms with E-state index >= 15 is 0 Å². The fourth-order valence-electron chi connectivity index (χ4n) is 2.89. The zero-order valence-electron chi connectivity index (χ0n) is 7.90. The highest BCUT2D eigenvalue weighted by Crippen LogP contribution is 2.49. The number of hydrogen-bond donors (Lipinski definition) is 1. The van der Waals surface area contributed by atoms with Crippen LogP contribution < -0.4 is 5.32 Å². The van der Waals surface area contributed by atoms with Crippen molar-refractivity contribution in [2.75, 3.05) is 0 Å². The molecule has 74 valence electrons. The number of fused-ring (bicyclic) bond motifs is 1. The van der Waals surface area contributed by atoms with E-state index in [4.69, 9.17) is 4.74 Å². The number of ether oxygens (including phenoxy) is 1. The molecule has 1 spiro atoms. The lowest BCUT2D eigenvalue weighted by Crippen LogP contribution is -2.42. The molecule has 0 saturated carbocycles. The second kappa shape index (κ2) is 2.48. The standard InChI is InChI=1S/C11H13NO2/c1-2-3-9-11-5-4-7(14-11)6-8(11)10(13)12-9/h2,4-5,7-9H,1,3,6H2,(H,12,13)/t7-,8+,9-,11+/m0/s1. The molecular formula is C11H13NO2. The number of carbonyl (C=O) groups is 1. The van der Waals surface area contributed by atoms with E-state index in [0.29, 0.717) is 0 Å². The van der Waals surface area contributed by atoms with Crippen molar-refractivity contribution < 1.29 is 9.53 Å². The van der Waals surface area contributed by atoms with Crippen LogP contribution in [0.15, 0.2) is 24.8 Å². The molecule has 3 heterocycles. The smallest absolute Gasteiger partial charge is 0.226 e. The van der Waals surface area contributed by atoms with Crippen LogP contribution in [0.1, 0.15) is 12.8 Å². The molecule has 0 aromatic heterocycles. The van der Waals surface area contributed by atoms with Gasteiger partial charge in [0, 0.05) is 0 Å². The Morgan fingerprint density at radius 3 is 3.36 bits per heavy atom. The molecule has 2 fully saturated rings. The Morgan fingerprint density at radius 1 is 1.79 bits per heavy atom. The van der Waals surface area contributed by atoms with Crippen LogP contribution in [0.25, 0.3) is 0 Å². The molecule has 0 radical (unpaired) electrons. The van der Waals surface area contributed by atoms with Crippen molar-refractivity contribution in [3.05, 3.63) is 24.8 Å². The lowest BCUT2D eigenvalue weighted by atomic mass is 9.80. The molecule has 1 N–H and O–H groups in total. The Labute approximate surface area is 82.8 Å². The van der Waals surface area contributed by atoms with Gasteiger partial charge in [-0.25, -0.2) is 0 Å². The number of nitrogens with one attached hydrogen (secondary N) is 1. The first-order valence-corrected chi connectivity index (χ1v) is 5.05. The molecule has 0 aromatic rings. The van der Waals surface area contributed by atoms with Crippen LogP contribution in [0, 0.1) is 5.92 Å². The summed E-state index contributed by atoms with van der Waals surface area (Å²) in [7, 11) is 0. The summed E-state index contributed by atoms with van der Waals surface area (Å²) < 4.78 is 5.88. The molecule has 2 saturated heterocycles. The summed E-state index contributed by atoms with van der Waals surface area (Å²) in [4.78, 5) is 11.7. The maximum atomic E-state index is 11.7. The van der Waals surface area contributed by atoms with Crippen LogP contribution in [0.5, 0.6) is 0 Å². The maximum Gasteiger partial charge on any atom is 0.226 e. The zero-order chi connectivity index (χ0) is 9.76. The Kier molecular flexibility index (Phi) is 1.46. The van der Waals surface area contributed by atoms with E-state index in [-0.39, 0.29) is 29.6 Å². The summed E-state index contributed by atoms with van der Waals surface area (Å²) in [5.74, 6) is 0.172. The van der Waals surface area contributed by atoms with Gasteiger partial charge in [-0.05, 0) is 12.8 Å². The fourth-order valence-corrected chi connectivity index (χ4v) is 2.89. The van der Waals surface area contributed by atoms with Crippen molar-refractivity contribution in [1.82, 2.24) is 5.32 Å². The van der Waals surface area contributed by atoms with Crippen LogP contribution in [0.4, 0.5) is 0 Å². The summed E-state index contributed by atoms with van der Waals surface area (Å²) in [6, 6.07) is 0.0845. The second-order valence-corrected chi connectivity index (χ2v) is 4.24. The third-order valence-corrected chi connectivity index (χ3v) is 3.52. The molecule has 0 unspecified atom stereocenters. The predicted molar refractivity (Wildman–Crippen MR) is 51.6 cm³/mol. The number of amides is 1. The molecule has 1 amide bonds. The predicted octanol–water partition coefficient (Wildman–Crippen LogP) is 0.775. The fraction of sp³-hybridized carbons (Fsp3) is 0.545. The molecule has 3 heteroatoms. The minimum absolute atomic E-state index is 0.0300. The number of carbonyl (C=O) groups excluding carboxylic acids is 1. The van der Waals surface area contributed by atoms with E-state index in [1.165, 1.54) is 0 Å². The molecule has 2 bridgehead atoms. The minimum atomic E-state index is -0.351. The van der Waals surface area contributed by atoms with Crippen LogP contribution in [-0.4, -0.2) is 23.7 Å². The highest BCUT2D eigenvalue weighted by Gasteiger charge is 2.61. The quantitative estimate of drug-likeness (QED) is 0.655. The molecule has 3 aliphatic rings. The van der Waals surface area contributed by atoms with E-state index in [2.05, 4.69) is 24.0 Å². The van der Waals surface area contributed by atoms with E-state index < -0.39 is 0 Å². The molecule has 3 rings (SSSR count). The van der Waals surface area contributed by atoms with Crippen molar-refractivity contribution in [2.24, 2.45) is 5.92 Å². The SMILES string of the molecule is C=CC[C@@H]1NC(=O)[C@H]2C[C@@H]3C=C[C@]12O3. The summed E-state index contributed by atoms with van der Waals surface area (Å²) >= 11 is 0. The molecule has 3 aliphatic heterocycles. The molecule has 4 atom stereocenters. The van der Waals surface area contributed by atoms with E-state index in [9.17, 15) is 4.79 Å². The van der Waals surface area contributed by atoms with Crippen LogP contribution >= 0.6 is 0 Å². The van der Waals surface area contributed by atoms with Crippen molar-refractivity contribution >= 4 is 5.91 Å². The minimum Gasteiger partial charge on any atom is -0.361 e. The lowest BCUT2D eigenvalue weighted by Gasteiger charge is -2.27. The highest BCUT2D eigenvalue weighted by atomic mass is 16.5. The monoisotopic (exact) mass is 191 g/mol. The molecule has 0 aliphatic carbocycles. The summed E-state index contributed by atoms with van der Waals surface area (Å²) in [5.41, 5.74) is -0.351. The molecule has 14 heavy (non-hydrogen) atoms. The van der Waals surface area contributed by atoms with Gasteiger partial charge in [0.15, 0.2) is 0 Å². The second-order valence-electron chi connectivity index (χ2n) is 4.24. The van der Waals surface area contributed by atoms with E-state index in [0.717, 1.165) is 12.8 Å². The van der Waals surface area contributed by atoms with Crippen molar-refractivity contribution in [3.63, 3.8) is 0 Å². The Hall–Kier alpha value is -1.09. The van der Waals surface area contributed by atoms with Gasteiger partial charge < -0.3 is 10.1 Å². The third-order valence-electron chi connectivity index (χ3n) is 3.52. The van der Waals surface area contributed by atoms with Crippen LogP contribution in [0.2, 0.25) is 0 Å². The normalized spacial score (nSPS) is 48.0. The van der Waals surface area contributed by atoms with Gasteiger partial charge in [-0.15, -0.1) is 6.58 Å². The third kappa shape index (κ3) is 0.786. The van der Waals surface area contributed by atoms with Crippen molar-refractivity contribution in [2.45, 2.75) is 30.6 Å². The topological polar surface area (TPSA) is 38.3 Å². The van der Waals surface area contributed by atoms with E-state index in [1.54, 1.807) is 0 Å². The average Bonchev–Trinajstić information content (AvgIpc) is 2.79. The van der Waals surface area contributed by atoms with Gasteiger partial charge in [-0.1, -0.05) is 18.2 Å². The first kappa shape index (κ1) is 8.24. The average molecular weight is 191 g/mol. The maximum absolute atomic E-state index is 11.7. The Morgan fingerprint density at radius 2 is 2.64 bits per heavy atom. The first-order chi connectivity index (χ1) is 6.76. The van der Waals surface area contributed by atoms with Gasteiger partial charge in [0.25, 0.3) is 0 Å². The molecular weight excluding hydrogens is 178 g/mol. The summed E-state index contributed by atoms with van der Waals surface area (Å²) in [5, 5.41) is 2.99. The van der Waals surface area contributed by atoms with Gasteiger partial charge in [0.2, 0.25) is 5.91 Å². The molecule has 0 aromatic carbocycles. The summed E-state index contributed by atoms with van der Waals surface area (Å²) in [6.45, 7) is 3.71. The Balaban J connectivity index is 1.99.